The van der Waals surface area contributed by atoms with Gasteiger partial charge in [-0.3, -0.25) is 14.4 Å². The number of hydrogen-bond acceptors (Lipinski definition) is 5. The number of benzene rings is 2. The van der Waals surface area contributed by atoms with Gasteiger partial charge in [0.1, 0.15) is 24.0 Å². The normalized spacial score (nSPS) is 22.0. The van der Waals surface area contributed by atoms with Crippen LogP contribution in [0.1, 0.15) is 35.2 Å². The van der Waals surface area contributed by atoms with Crippen molar-refractivity contribution in [2.75, 3.05) is 6.61 Å². The van der Waals surface area contributed by atoms with Crippen LogP contribution in [0.4, 0.5) is 4.39 Å². The van der Waals surface area contributed by atoms with E-state index in [1.54, 1.807) is 35.6 Å². The molecule has 2 N–H and O–H groups in total. The van der Waals surface area contributed by atoms with Crippen molar-refractivity contribution < 1.29 is 23.5 Å². The van der Waals surface area contributed by atoms with E-state index in [0.717, 1.165) is 16.9 Å². The van der Waals surface area contributed by atoms with Gasteiger partial charge in [0.05, 0.1) is 6.10 Å². The van der Waals surface area contributed by atoms with Crippen LogP contribution in [0.25, 0.3) is 10.4 Å². The Hall–Kier alpha value is -3.36. The molecule has 2 aromatic carbocycles. The molecule has 2 fully saturated rings. The molecule has 180 valence electrons. The molecule has 6 nitrogen and oxygen atoms in total. The minimum Gasteiger partial charge on any atom is -0.367 e. The summed E-state index contributed by atoms with van der Waals surface area (Å²) < 4.78 is 19.0. The summed E-state index contributed by atoms with van der Waals surface area (Å²) >= 11 is 1.61. The van der Waals surface area contributed by atoms with Gasteiger partial charge in [-0.2, -0.15) is 0 Å². The van der Waals surface area contributed by atoms with Gasteiger partial charge in [0, 0.05) is 16.9 Å². The number of ether oxygens (including phenoxy) is 1. The van der Waals surface area contributed by atoms with Crippen LogP contribution in [0.2, 0.25) is 0 Å². The van der Waals surface area contributed by atoms with E-state index < -0.39 is 23.4 Å². The van der Waals surface area contributed by atoms with Gasteiger partial charge in [-0.25, -0.2) is 4.39 Å². The molecule has 3 aromatic rings. The summed E-state index contributed by atoms with van der Waals surface area (Å²) in [5.41, 5.74) is 1.07. The largest absolute Gasteiger partial charge is 0.367 e. The number of carbonyl (C=O) groups is 3. The van der Waals surface area contributed by atoms with Crippen molar-refractivity contribution in [2.45, 2.75) is 43.4 Å². The third-order valence-corrected chi connectivity index (χ3v) is 7.69. The van der Waals surface area contributed by atoms with E-state index in [-0.39, 0.29) is 30.7 Å². The average Bonchev–Trinajstić information content (AvgIpc) is 3.59. The average molecular weight is 493 g/mol. The van der Waals surface area contributed by atoms with Gasteiger partial charge in [-0.15, -0.1) is 11.3 Å². The van der Waals surface area contributed by atoms with E-state index in [2.05, 4.69) is 10.6 Å². The molecule has 2 aliphatic rings. The van der Waals surface area contributed by atoms with Crippen LogP contribution in [-0.4, -0.2) is 41.9 Å². The summed E-state index contributed by atoms with van der Waals surface area (Å²) in [6.45, 7) is -0.0173. The first-order chi connectivity index (χ1) is 16.9. The Bertz CT molecular complexity index is 1230. The summed E-state index contributed by atoms with van der Waals surface area (Å²) in [7, 11) is 0. The van der Waals surface area contributed by atoms with Gasteiger partial charge >= 0.3 is 0 Å². The molecule has 1 aliphatic carbocycles. The highest BCUT2D eigenvalue weighted by Gasteiger charge is 2.55. The molecule has 1 aromatic heterocycles. The molecule has 2 amide bonds. The topological polar surface area (TPSA) is 84.5 Å². The van der Waals surface area contributed by atoms with Crippen molar-refractivity contribution in [3.8, 4) is 10.4 Å². The van der Waals surface area contributed by atoms with E-state index >= 15 is 0 Å². The van der Waals surface area contributed by atoms with Gasteiger partial charge in [0.15, 0.2) is 5.78 Å². The number of rotatable bonds is 7. The predicted molar refractivity (Wildman–Crippen MR) is 131 cm³/mol. The zero-order chi connectivity index (χ0) is 24.4. The number of amides is 2. The maximum absolute atomic E-state index is 13.4. The second-order valence-corrected chi connectivity index (χ2v) is 9.93. The van der Waals surface area contributed by atoms with E-state index in [1.165, 1.54) is 12.1 Å². The molecule has 5 rings (SSSR count). The van der Waals surface area contributed by atoms with E-state index in [4.69, 9.17) is 4.74 Å². The van der Waals surface area contributed by atoms with Gasteiger partial charge < -0.3 is 15.4 Å². The molecule has 0 radical (unpaired) electrons. The lowest BCUT2D eigenvalue weighted by Crippen LogP contribution is -2.60. The first-order valence-electron chi connectivity index (χ1n) is 11.6. The summed E-state index contributed by atoms with van der Waals surface area (Å²) in [5.74, 6) is -1.38. The second kappa shape index (κ2) is 9.71. The van der Waals surface area contributed by atoms with Crippen LogP contribution in [0.15, 0.2) is 66.0 Å². The van der Waals surface area contributed by atoms with Crippen molar-refractivity contribution in [3.63, 3.8) is 0 Å². The fourth-order valence-electron chi connectivity index (χ4n) is 4.88. The third kappa shape index (κ3) is 4.76. The molecule has 8 heteroatoms. The van der Waals surface area contributed by atoms with Crippen LogP contribution in [0, 0.1) is 5.82 Å². The fraction of sp³-hybridized carbons (Fsp3) is 0.296. The molecular weight excluding hydrogens is 467 g/mol. The molecule has 1 saturated carbocycles. The van der Waals surface area contributed by atoms with Gasteiger partial charge in [0.2, 0.25) is 5.91 Å². The molecule has 3 atom stereocenters. The Morgan fingerprint density at radius 1 is 1.11 bits per heavy atom. The molecule has 1 aliphatic heterocycles. The summed E-state index contributed by atoms with van der Waals surface area (Å²) in [6, 6.07) is 16.0. The van der Waals surface area contributed by atoms with Crippen LogP contribution in [0.5, 0.6) is 0 Å². The standard InChI is InChI=1S/C27H25FN2O4S/c28-20-11-5-17(6-12-20)15-21(26(33)30-27-13-1-4-24(27)34-16-23(27)31)29-25(32)19-9-7-18(8-10-19)22-3-2-14-35-22/h2-3,5-12,14,21,24H,1,4,13,15-16H2,(H,29,32)(H,30,33). The number of carbonyl (C=O) groups excluding carboxylic acids is 3. The lowest BCUT2D eigenvalue weighted by atomic mass is 9.91. The van der Waals surface area contributed by atoms with Crippen LogP contribution < -0.4 is 10.6 Å². The molecule has 1 saturated heterocycles. The number of Topliss-reactive ketones (excluding diaryl/α,β-unsaturated/α-hetero) is 1. The maximum Gasteiger partial charge on any atom is 0.251 e. The lowest BCUT2D eigenvalue weighted by molar-refractivity contribution is -0.131. The van der Waals surface area contributed by atoms with E-state index in [1.807, 2.05) is 29.6 Å². The Labute approximate surface area is 206 Å². The first kappa shape index (κ1) is 23.4. The predicted octanol–water partition coefficient (Wildman–Crippen LogP) is 3.90. The number of hydrogen-bond donors (Lipinski definition) is 2. The smallest absolute Gasteiger partial charge is 0.251 e. The van der Waals surface area contributed by atoms with Gasteiger partial charge in [-0.05, 0) is 66.1 Å². The highest BCUT2D eigenvalue weighted by Crippen LogP contribution is 2.38. The number of halogens is 1. The fourth-order valence-corrected chi connectivity index (χ4v) is 5.61. The summed E-state index contributed by atoms with van der Waals surface area (Å²) in [5, 5.41) is 7.73. The third-order valence-electron chi connectivity index (χ3n) is 6.77. The summed E-state index contributed by atoms with van der Waals surface area (Å²) in [6.07, 6.45) is 1.82. The minimum atomic E-state index is -1.04. The molecule has 0 bridgehead atoms. The van der Waals surface area contributed by atoms with Crippen molar-refractivity contribution >= 4 is 28.9 Å². The highest BCUT2D eigenvalue weighted by atomic mass is 32.1. The van der Waals surface area contributed by atoms with Crippen molar-refractivity contribution in [1.82, 2.24) is 10.6 Å². The zero-order valence-corrected chi connectivity index (χ0v) is 19.8. The van der Waals surface area contributed by atoms with Crippen molar-refractivity contribution in [2.24, 2.45) is 0 Å². The van der Waals surface area contributed by atoms with Gasteiger partial charge in [0.25, 0.3) is 5.91 Å². The minimum absolute atomic E-state index is 0.0173. The van der Waals surface area contributed by atoms with Crippen LogP contribution in [0.3, 0.4) is 0 Å². The van der Waals surface area contributed by atoms with Crippen LogP contribution >= 0.6 is 11.3 Å². The molecular formula is C27H25FN2O4S. The maximum atomic E-state index is 13.4. The molecule has 35 heavy (non-hydrogen) atoms. The Balaban J connectivity index is 1.35. The number of ketones is 1. The Kier molecular flexibility index (Phi) is 6.49. The SMILES string of the molecule is O=C(NC(Cc1ccc(F)cc1)C(=O)NC12CCCC1OCC2=O)c1ccc(-c2cccs2)cc1. The van der Waals surface area contributed by atoms with Crippen molar-refractivity contribution in [3.05, 3.63) is 83.0 Å². The first-order valence-corrected chi connectivity index (χ1v) is 12.5. The van der Waals surface area contributed by atoms with Gasteiger partial charge in [-0.1, -0.05) is 30.3 Å². The molecule has 2 heterocycles. The lowest BCUT2D eigenvalue weighted by Gasteiger charge is -2.30. The van der Waals surface area contributed by atoms with Crippen LogP contribution in [-0.2, 0) is 20.7 Å². The number of thiophene rings is 1. The van der Waals surface area contributed by atoms with E-state index in [0.29, 0.717) is 24.0 Å². The highest BCUT2D eigenvalue weighted by molar-refractivity contribution is 7.13. The summed E-state index contributed by atoms with van der Waals surface area (Å²) in [4.78, 5) is 40.2. The second-order valence-electron chi connectivity index (χ2n) is 8.99. The monoisotopic (exact) mass is 492 g/mol. The zero-order valence-electron chi connectivity index (χ0n) is 19.0. The molecule has 0 spiro atoms. The molecule has 3 unspecified atom stereocenters. The Morgan fingerprint density at radius 2 is 1.89 bits per heavy atom. The number of fused-ring (bicyclic) bond motifs is 1. The van der Waals surface area contributed by atoms with E-state index in [9.17, 15) is 18.8 Å². The Morgan fingerprint density at radius 3 is 2.60 bits per heavy atom. The van der Waals surface area contributed by atoms with Crippen molar-refractivity contribution in [1.29, 1.82) is 0 Å². The number of nitrogens with one attached hydrogen (secondary N) is 2. The quantitative estimate of drug-likeness (QED) is 0.524.